The van der Waals surface area contributed by atoms with Gasteiger partial charge in [-0.15, -0.1) is 0 Å². The Kier molecular flexibility index (Phi) is 4.14. The highest BCUT2D eigenvalue weighted by atomic mass is 79.9. The smallest absolute Gasteiger partial charge is 0.238 e. The first-order valence-electron chi connectivity index (χ1n) is 7.80. The van der Waals surface area contributed by atoms with Crippen LogP contribution in [0.2, 0.25) is 0 Å². The van der Waals surface area contributed by atoms with E-state index >= 15 is 0 Å². The number of sulfonamides is 1. The van der Waals surface area contributed by atoms with E-state index < -0.39 is 10.0 Å². The van der Waals surface area contributed by atoms with Crippen molar-refractivity contribution >= 4 is 37.0 Å². The van der Waals surface area contributed by atoms with E-state index in [1.165, 1.54) is 12.1 Å². The highest BCUT2D eigenvalue weighted by Gasteiger charge is 2.15. The summed E-state index contributed by atoms with van der Waals surface area (Å²) in [4.78, 5) is 4.82. The highest BCUT2D eigenvalue weighted by molar-refractivity contribution is 9.10. The van der Waals surface area contributed by atoms with Crippen molar-refractivity contribution < 1.29 is 8.42 Å². The average Bonchev–Trinajstić information content (AvgIpc) is 3.01. The molecular weight excluding hydrogens is 414 g/mol. The average molecular weight is 428 g/mol. The standard InChI is InChI=1S/C19H14BrN3O2S/c20-14-7-9-15(10-8-14)23-18-4-2-1-3-17(18)22-19(23)13-5-11-16(12-6-13)26(21,24)25/h1-12H,(H2,21,24,25). The zero-order valence-corrected chi connectivity index (χ0v) is 15.9. The van der Waals surface area contributed by atoms with Crippen LogP contribution in [0.1, 0.15) is 0 Å². The Morgan fingerprint density at radius 1 is 0.885 bits per heavy atom. The molecule has 1 aromatic heterocycles. The van der Waals surface area contributed by atoms with Gasteiger partial charge < -0.3 is 0 Å². The van der Waals surface area contributed by atoms with Gasteiger partial charge in [0.25, 0.3) is 0 Å². The van der Waals surface area contributed by atoms with E-state index in [-0.39, 0.29) is 4.90 Å². The van der Waals surface area contributed by atoms with Crippen molar-refractivity contribution in [2.75, 3.05) is 0 Å². The minimum Gasteiger partial charge on any atom is -0.292 e. The monoisotopic (exact) mass is 427 g/mol. The number of para-hydroxylation sites is 2. The first kappa shape index (κ1) is 17.0. The molecule has 0 bridgehead atoms. The first-order chi connectivity index (χ1) is 12.4. The number of hydrogen-bond acceptors (Lipinski definition) is 3. The molecule has 0 aliphatic heterocycles. The predicted molar refractivity (Wildman–Crippen MR) is 106 cm³/mol. The Morgan fingerprint density at radius 2 is 1.54 bits per heavy atom. The Hall–Kier alpha value is -2.48. The van der Waals surface area contributed by atoms with Crippen LogP contribution in [-0.2, 0) is 10.0 Å². The quantitative estimate of drug-likeness (QED) is 0.534. The maximum absolute atomic E-state index is 11.5. The van der Waals surface area contributed by atoms with Crippen molar-refractivity contribution in [3.63, 3.8) is 0 Å². The van der Waals surface area contributed by atoms with Crippen LogP contribution < -0.4 is 5.14 Å². The van der Waals surface area contributed by atoms with Gasteiger partial charge in [0.05, 0.1) is 15.9 Å². The van der Waals surface area contributed by atoms with E-state index in [1.54, 1.807) is 12.1 Å². The fourth-order valence-corrected chi connectivity index (χ4v) is 3.64. The minimum absolute atomic E-state index is 0.0764. The summed E-state index contributed by atoms with van der Waals surface area (Å²) in [6.45, 7) is 0. The summed E-state index contributed by atoms with van der Waals surface area (Å²) in [6.07, 6.45) is 0. The van der Waals surface area contributed by atoms with Crippen LogP contribution in [0.25, 0.3) is 28.1 Å². The Bertz CT molecular complexity index is 1200. The molecule has 26 heavy (non-hydrogen) atoms. The molecule has 0 aliphatic rings. The van der Waals surface area contributed by atoms with Crippen LogP contribution in [-0.4, -0.2) is 18.0 Å². The molecule has 130 valence electrons. The van der Waals surface area contributed by atoms with Crippen LogP contribution in [0, 0.1) is 0 Å². The van der Waals surface area contributed by atoms with Gasteiger partial charge in [0.1, 0.15) is 5.82 Å². The maximum atomic E-state index is 11.5. The van der Waals surface area contributed by atoms with Crippen molar-refractivity contribution in [1.29, 1.82) is 0 Å². The second-order valence-electron chi connectivity index (χ2n) is 5.81. The van der Waals surface area contributed by atoms with E-state index in [0.29, 0.717) is 0 Å². The molecule has 0 radical (unpaired) electrons. The van der Waals surface area contributed by atoms with Gasteiger partial charge in [-0.05, 0) is 60.7 Å². The summed E-state index contributed by atoms with van der Waals surface area (Å²) in [6, 6.07) is 22.2. The van der Waals surface area contributed by atoms with Crippen molar-refractivity contribution in [1.82, 2.24) is 9.55 Å². The number of halogens is 1. The third-order valence-corrected chi connectivity index (χ3v) is 5.54. The second-order valence-corrected chi connectivity index (χ2v) is 8.28. The van der Waals surface area contributed by atoms with Gasteiger partial charge in [0.15, 0.2) is 0 Å². The second kappa shape index (κ2) is 6.35. The topological polar surface area (TPSA) is 78.0 Å². The van der Waals surface area contributed by atoms with Crippen LogP contribution in [0.15, 0.2) is 82.2 Å². The van der Waals surface area contributed by atoms with E-state index in [2.05, 4.69) is 15.9 Å². The molecule has 0 amide bonds. The minimum atomic E-state index is -3.73. The molecule has 2 N–H and O–H groups in total. The number of rotatable bonds is 3. The molecule has 4 rings (SSSR count). The van der Waals surface area contributed by atoms with Crippen molar-refractivity contribution in [2.45, 2.75) is 4.90 Å². The molecule has 0 saturated carbocycles. The Labute approximate surface area is 159 Å². The number of imidazole rings is 1. The summed E-state index contributed by atoms with van der Waals surface area (Å²) in [5, 5.41) is 5.19. The van der Waals surface area contributed by atoms with E-state index in [4.69, 9.17) is 10.1 Å². The number of benzene rings is 3. The summed E-state index contributed by atoms with van der Waals surface area (Å²) >= 11 is 3.45. The zero-order valence-electron chi connectivity index (χ0n) is 13.5. The molecule has 5 nitrogen and oxygen atoms in total. The van der Waals surface area contributed by atoms with E-state index in [9.17, 15) is 8.42 Å². The van der Waals surface area contributed by atoms with Gasteiger partial charge in [-0.25, -0.2) is 18.5 Å². The molecule has 0 unspecified atom stereocenters. The van der Waals surface area contributed by atoms with Gasteiger partial charge in [0.2, 0.25) is 10.0 Å². The molecule has 0 atom stereocenters. The molecule has 4 aromatic rings. The molecular formula is C19H14BrN3O2S. The van der Waals surface area contributed by atoms with E-state index in [0.717, 1.165) is 32.6 Å². The van der Waals surface area contributed by atoms with Gasteiger partial charge in [0, 0.05) is 15.7 Å². The van der Waals surface area contributed by atoms with Crippen LogP contribution in [0.3, 0.4) is 0 Å². The summed E-state index contributed by atoms with van der Waals surface area (Å²) < 4.78 is 26.0. The van der Waals surface area contributed by atoms with Gasteiger partial charge in [-0.3, -0.25) is 4.57 Å². The molecule has 0 saturated heterocycles. The molecule has 0 aliphatic carbocycles. The third-order valence-electron chi connectivity index (χ3n) is 4.09. The van der Waals surface area contributed by atoms with Crippen molar-refractivity contribution in [2.24, 2.45) is 5.14 Å². The lowest BCUT2D eigenvalue weighted by Gasteiger charge is -2.10. The summed E-state index contributed by atoms with van der Waals surface area (Å²) in [7, 11) is -3.73. The first-order valence-corrected chi connectivity index (χ1v) is 10.1. The van der Waals surface area contributed by atoms with Crippen LogP contribution in [0.5, 0.6) is 0 Å². The number of aromatic nitrogens is 2. The normalized spacial score (nSPS) is 11.8. The molecule has 3 aromatic carbocycles. The van der Waals surface area contributed by atoms with Crippen molar-refractivity contribution in [3.8, 4) is 17.1 Å². The predicted octanol–water partition coefficient (Wildman–Crippen LogP) is 4.10. The van der Waals surface area contributed by atoms with Gasteiger partial charge in [-0.2, -0.15) is 0 Å². The number of hydrogen-bond donors (Lipinski definition) is 1. The van der Waals surface area contributed by atoms with Gasteiger partial charge in [-0.1, -0.05) is 28.1 Å². The zero-order chi connectivity index (χ0) is 18.3. The van der Waals surface area contributed by atoms with Crippen LogP contribution in [0.4, 0.5) is 0 Å². The molecule has 1 heterocycles. The molecule has 0 spiro atoms. The largest absolute Gasteiger partial charge is 0.292 e. The van der Waals surface area contributed by atoms with Gasteiger partial charge >= 0.3 is 0 Å². The molecule has 7 heteroatoms. The molecule has 0 fully saturated rings. The Morgan fingerprint density at radius 3 is 2.19 bits per heavy atom. The van der Waals surface area contributed by atoms with Crippen LogP contribution >= 0.6 is 15.9 Å². The fourth-order valence-electron chi connectivity index (χ4n) is 2.86. The van der Waals surface area contributed by atoms with Crippen molar-refractivity contribution in [3.05, 3.63) is 77.3 Å². The number of primary sulfonamides is 1. The van der Waals surface area contributed by atoms with E-state index in [1.807, 2.05) is 53.1 Å². The third kappa shape index (κ3) is 3.05. The summed E-state index contributed by atoms with van der Waals surface area (Å²) in [5.41, 5.74) is 3.60. The lowest BCUT2D eigenvalue weighted by atomic mass is 10.2. The lowest BCUT2D eigenvalue weighted by Crippen LogP contribution is -2.11. The number of nitrogens with zero attached hydrogens (tertiary/aromatic N) is 2. The fraction of sp³-hybridized carbons (Fsp3) is 0. The lowest BCUT2D eigenvalue weighted by molar-refractivity contribution is 0.598. The SMILES string of the molecule is NS(=O)(=O)c1ccc(-c2nc3ccccc3n2-c2ccc(Br)cc2)cc1. The number of nitrogens with two attached hydrogens (primary N) is 1. The summed E-state index contributed by atoms with van der Waals surface area (Å²) in [5.74, 6) is 0.731. The highest BCUT2D eigenvalue weighted by Crippen LogP contribution is 2.29. The maximum Gasteiger partial charge on any atom is 0.238 e. The Balaban J connectivity index is 1.95. The number of fused-ring (bicyclic) bond motifs is 1.